The van der Waals surface area contributed by atoms with E-state index in [1.807, 2.05) is 0 Å². The van der Waals surface area contributed by atoms with Crippen LogP contribution >= 0.6 is 0 Å². The van der Waals surface area contributed by atoms with E-state index in [0.717, 1.165) is 31.5 Å². The molecule has 0 aromatic heterocycles. The number of nitrogens with zero attached hydrogens (tertiary/aromatic N) is 1. The molecule has 1 aliphatic carbocycles. The molecule has 25 heavy (non-hydrogen) atoms. The Kier molecular flexibility index (Phi) is 6.64. The summed E-state index contributed by atoms with van der Waals surface area (Å²) in [7, 11) is 0. The molecule has 0 radical (unpaired) electrons. The number of benzene rings is 1. The number of rotatable bonds is 5. The Balaban J connectivity index is 1.58. The molecule has 1 unspecified atom stereocenters. The lowest BCUT2D eigenvalue weighted by Crippen LogP contribution is -2.47. The van der Waals surface area contributed by atoms with E-state index in [9.17, 15) is 9.18 Å². The van der Waals surface area contributed by atoms with Crippen molar-refractivity contribution < 1.29 is 13.9 Å². The Morgan fingerprint density at radius 3 is 2.52 bits per heavy atom. The van der Waals surface area contributed by atoms with Crippen LogP contribution < -0.4 is 10.6 Å². The molecule has 6 heteroatoms. The van der Waals surface area contributed by atoms with Crippen LogP contribution in [-0.4, -0.2) is 49.8 Å². The van der Waals surface area contributed by atoms with Crippen molar-refractivity contribution in [3.63, 3.8) is 0 Å². The normalized spacial score (nSPS) is 20.8. The van der Waals surface area contributed by atoms with Gasteiger partial charge in [0.15, 0.2) is 0 Å². The molecule has 0 spiro atoms. The standard InChI is InChI=1S/C19H28FN3O2/c20-16-8-6-15(7-9-16)18(23-10-12-25-13-11-23)14-21-19(24)22-17-4-2-1-3-5-17/h6-9,17-18H,1-5,10-14H2,(H2,21,22,24). The first-order valence-electron chi connectivity index (χ1n) is 9.34. The number of hydrogen-bond donors (Lipinski definition) is 2. The first kappa shape index (κ1) is 18.1. The first-order chi connectivity index (χ1) is 12.2. The Labute approximate surface area is 148 Å². The summed E-state index contributed by atoms with van der Waals surface area (Å²) in [5.41, 5.74) is 1.02. The third-order valence-electron chi connectivity index (χ3n) is 5.14. The number of ether oxygens (including phenoxy) is 1. The number of halogens is 1. The van der Waals surface area contributed by atoms with Crippen molar-refractivity contribution in [3.8, 4) is 0 Å². The van der Waals surface area contributed by atoms with E-state index in [1.54, 1.807) is 12.1 Å². The van der Waals surface area contributed by atoms with Gasteiger partial charge in [0, 0.05) is 25.7 Å². The van der Waals surface area contributed by atoms with Crippen LogP contribution in [0, 0.1) is 5.82 Å². The number of amides is 2. The Morgan fingerprint density at radius 2 is 1.84 bits per heavy atom. The van der Waals surface area contributed by atoms with Crippen LogP contribution in [0.15, 0.2) is 24.3 Å². The molecule has 2 amide bonds. The zero-order valence-electron chi connectivity index (χ0n) is 14.7. The van der Waals surface area contributed by atoms with Crippen molar-refractivity contribution in [2.24, 2.45) is 0 Å². The fourth-order valence-corrected chi connectivity index (χ4v) is 3.70. The minimum absolute atomic E-state index is 0.0293. The van der Waals surface area contributed by atoms with Gasteiger partial charge in [-0.3, -0.25) is 4.90 Å². The predicted octanol–water partition coefficient (Wildman–Crippen LogP) is 2.83. The van der Waals surface area contributed by atoms with Gasteiger partial charge in [-0.15, -0.1) is 0 Å². The smallest absolute Gasteiger partial charge is 0.315 e. The van der Waals surface area contributed by atoms with Crippen LogP contribution in [0.3, 0.4) is 0 Å². The summed E-state index contributed by atoms with van der Waals surface area (Å²) in [4.78, 5) is 14.5. The summed E-state index contributed by atoms with van der Waals surface area (Å²) in [6, 6.07) is 6.78. The fourth-order valence-electron chi connectivity index (χ4n) is 3.70. The van der Waals surface area contributed by atoms with Crippen LogP contribution in [0.4, 0.5) is 9.18 Å². The second kappa shape index (κ2) is 9.15. The van der Waals surface area contributed by atoms with Crippen molar-refractivity contribution in [2.75, 3.05) is 32.8 Å². The molecule has 5 nitrogen and oxygen atoms in total. The zero-order chi connectivity index (χ0) is 17.5. The minimum Gasteiger partial charge on any atom is -0.379 e. The Bertz CT molecular complexity index is 540. The second-order valence-electron chi connectivity index (χ2n) is 6.90. The summed E-state index contributed by atoms with van der Waals surface area (Å²) in [6.07, 6.45) is 5.79. The van der Waals surface area contributed by atoms with Crippen molar-refractivity contribution in [2.45, 2.75) is 44.2 Å². The maximum absolute atomic E-state index is 13.3. The highest BCUT2D eigenvalue weighted by Gasteiger charge is 2.24. The molecule has 2 aliphatic rings. The largest absolute Gasteiger partial charge is 0.379 e. The van der Waals surface area contributed by atoms with Crippen molar-refractivity contribution in [1.82, 2.24) is 15.5 Å². The third-order valence-corrected chi connectivity index (χ3v) is 5.14. The number of hydrogen-bond acceptors (Lipinski definition) is 3. The molecule has 1 saturated carbocycles. The van der Waals surface area contributed by atoms with Crippen LogP contribution in [0.1, 0.15) is 43.7 Å². The summed E-state index contributed by atoms with van der Waals surface area (Å²) in [5.74, 6) is -0.243. The van der Waals surface area contributed by atoms with Gasteiger partial charge in [0.05, 0.1) is 19.3 Å². The van der Waals surface area contributed by atoms with Crippen molar-refractivity contribution in [3.05, 3.63) is 35.6 Å². The highest BCUT2D eigenvalue weighted by molar-refractivity contribution is 5.74. The SMILES string of the molecule is O=C(NCC(c1ccc(F)cc1)N1CCOCC1)NC1CCCCC1. The van der Waals surface area contributed by atoms with Gasteiger partial charge in [-0.25, -0.2) is 9.18 Å². The maximum atomic E-state index is 13.3. The Hall–Kier alpha value is -1.66. The third kappa shape index (κ3) is 5.41. The average Bonchev–Trinajstić information content (AvgIpc) is 2.65. The van der Waals surface area contributed by atoms with E-state index in [-0.39, 0.29) is 17.9 Å². The quantitative estimate of drug-likeness (QED) is 0.859. The monoisotopic (exact) mass is 349 g/mol. The molecule has 2 fully saturated rings. The van der Waals surface area contributed by atoms with E-state index >= 15 is 0 Å². The molecule has 1 atom stereocenters. The van der Waals surface area contributed by atoms with Gasteiger partial charge in [0.2, 0.25) is 0 Å². The van der Waals surface area contributed by atoms with Gasteiger partial charge in [0.25, 0.3) is 0 Å². The van der Waals surface area contributed by atoms with Crippen LogP contribution in [0.5, 0.6) is 0 Å². The molecular formula is C19H28FN3O2. The fraction of sp³-hybridized carbons (Fsp3) is 0.632. The van der Waals surface area contributed by atoms with E-state index in [2.05, 4.69) is 15.5 Å². The first-order valence-corrected chi connectivity index (χ1v) is 9.34. The minimum atomic E-state index is -0.243. The molecule has 3 rings (SSSR count). The van der Waals surface area contributed by atoms with Gasteiger partial charge in [-0.1, -0.05) is 31.4 Å². The van der Waals surface area contributed by atoms with Crippen molar-refractivity contribution in [1.29, 1.82) is 0 Å². The topological polar surface area (TPSA) is 53.6 Å². The number of morpholine rings is 1. The number of carbonyl (C=O) groups excluding carboxylic acids is 1. The Morgan fingerprint density at radius 1 is 1.16 bits per heavy atom. The number of carbonyl (C=O) groups is 1. The van der Waals surface area contributed by atoms with Gasteiger partial charge in [0.1, 0.15) is 5.82 Å². The summed E-state index contributed by atoms with van der Waals surface area (Å²) >= 11 is 0. The predicted molar refractivity (Wildman–Crippen MR) is 94.9 cm³/mol. The van der Waals surface area contributed by atoms with Crippen molar-refractivity contribution >= 4 is 6.03 Å². The van der Waals surface area contributed by atoms with E-state index in [0.29, 0.717) is 25.8 Å². The van der Waals surface area contributed by atoms with Crippen LogP contribution in [-0.2, 0) is 4.74 Å². The van der Waals surface area contributed by atoms with Crippen LogP contribution in [0.2, 0.25) is 0 Å². The number of nitrogens with one attached hydrogen (secondary N) is 2. The van der Waals surface area contributed by atoms with E-state index in [4.69, 9.17) is 4.74 Å². The summed E-state index contributed by atoms with van der Waals surface area (Å²) in [6.45, 7) is 3.50. The highest BCUT2D eigenvalue weighted by atomic mass is 19.1. The lowest BCUT2D eigenvalue weighted by molar-refractivity contribution is 0.0166. The lowest BCUT2D eigenvalue weighted by Gasteiger charge is -2.35. The maximum Gasteiger partial charge on any atom is 0.315 e. The number of urea groups is 1. The molecule has 1 aliphatic heterocycles. The molecule has 2 N–H and O–H groups in total. The molecule has 1 saturated heterocycles. The average molecular weight is 349 g/mol. The molecule has 0 bridgehead atoms. The molecule has 1 aromatic rings. The zero-order valence-corrected chi connectivity index (χ0v) is 14.7. The summed E-state index contributed by atoms with van der Waals surface area (Å²) < 4.78 is 18.7. The molecule has 138 valence electrons. The van der Waals surface area contributed by atoms with Gasteiger partial charge in [-0.2, -0.15) is 0 Å². The van der Waals surface area contributed by atoms with Gasteiger partial charge >= 0.3 is 6.03 Å². The second-order valence-corrected chi connectivity index (χ2v) is 6.90. The highest BCUT2D eigenvalue weighted by Crippen LogP contribution is 2.22. The molecule has 1 heterocycles. The molecular weight excluding hydrogens is 321 g/mol. The van der Waals surface area contributed by atoms with Gasteiger partial charge in [-0.05, 0) is 30.5 Å². The van der Waals surface area contributed by atoms with Gasteiger partial charge < -0.3 is 15.4 Å². The molecule has 1 aromatic carbocycles. The van der Waals surface area contributed by atoms with Crippen LogP contribution in [0.25, 0.3) is 0 Å². The van der Waals surface area contributed by atoms with E-state index in [1.165, 1.54) is 31.4 Å². The lowest BCUT2D eigenvalue weighted by atomic mass is 9.96. The summed E-state index contributed by atoms with van der Waals surface area (Å²) in [5, 5.41) is 6.10. The van der Waals surface area contributed by atoms with E-state index < -0.39 is 0 Å².